The quantitative estimate of drug-likeness (QED) is 0.477. The van der Waals surface area contributed by atoms with Gasteiger partial charge in [-0.2, -0.15) is 0 Å². The summed E-state index contributed by atoms with van der Waals surface area (Å²) < 4.78 is 6.66. The fourth-order valence-electron chi connectivity index (χ4n) is 1.90. The zero-order valence-corrected chi connectivity index (χ0v) is 11.0. The molecule has 20 heavy (non-hydrogen) atoms. The molecule has 6 heteroatoms. The van der Waals surface area contributed by atoms with Gasteiger partial charge in [0.1, 0.15) is 0 Å². The van der Waals surface area contributed by atoms with Crippen LogP contribution in [-0.4, -0.2) is 22.1 Å². The Kier molecular flexibility index (Phi) is 4.14. The van der Waals surface area contributed by atoms with Crippen molar-refractivity contribution in [2.24, 2.45) is 0 Å². The minimum absolute atomic E-state index is 0.0265. The number of nitrogens with zero attached hydrogens (tertiary/aromatic N) is 2. The van der Waals surface area contributed by atoms with Gasteiger partial charge in [-0.05, 0) is 18.6 Å². The van der Waals surface area contributed by atoms with Crippen molar-refractivity contribution < 1.29 is 14.5 Å². The van der Waals surface area contributed by atoms with Crippen LogP contribution in [0, 0.1) is 10.1 Å². The highest BCUT2D eigenvalue weighted by Gasteiger charge is 2.13. The average Bonchev–Trinajstić information content (AvgIpc) is 2.88. The molecule has 104 valence electrons. The second kappa shape index (κ2) is 6.01. The predicted molar refractivity (Wildman–Crippen MR) is 72.6 cm³/mol. The Hall–Kier alpha value is -2.63. The van der Waals surface area contributed by atoms with Gasteiger partial charge in [0.05, 0.1) is 23.3 Å². The van der Waals surface area contributed by atoms with Crippen molar-refractivity contribution in [3.63, 3.8) is 0 Å². The van der Waals surface area contributed by atoms with E-state index in [0.717, 1.165) is 5.56 Å². The fraction of sp³-hybridized carbons (Fsp3) is 0.214. The van der Waals surface area contributed by atoms with Crippen molar-refractivity contribution in [1.29, 1.82) is 0 Å². The molecule has 1 aromatic carbocycles. The highest BCUT2D eigenvalue weighted by Crippen LogP contribution is 2.16. The Morgan fingerprint density at radius 2 is 2.10 bits per heavy atom. The largest absolute Gasteiger partial charge is 0.462 e. The maximum absolute atomic E-state index is 11.8. The second-order valence-electron chi connectivity index (χ2n) is 4.18. The van der Waals surface area contributed by atoms with Gasteiger partial charge in [0.2, 0.25) is 0 Å². The van der Waals surface area contributed by atoms with Crippen molar-refractivity contribution in [3.05, 3.63) is 64.0 Å². The van der Waals surface area contributed by atoms with E-state index in [1.165, 1.54) is 12.3 Å². The maximum atomic E-state index is 11.8. The first-order chi connectivity index (χ1) is 9.61. The lowest BCUT2D eigenvalue weighted by Gasteiger charge is -2.09. The molecule has 0 aliphatic heterocycles. The van der Waals surface area contributed by atoms with E-state index in [9.17, 15) is 14.9 Å². The molecule has 0 bridgehead atoms. The second-order valence-corrected chi connectivity index (χ2v) is 4.18. The first-order valence-corrected chi connectivity index (χ1v) is 6.17. The molecule has 1 heterocycles. The lowest BCUT2D eigenvalue weighted by Crippen LogP contribution is -2.10. The summed E-state index contributed by atoms with van der Waals surface area (Å²) >= 11 is 0. The van der Waals surface area contributed by atoms with Crippen LogP contribution in [0.3, 0.4) is 0 Å². The summed E-state index contributed by atoms with van der Waals surface area (Å²) in [5, 5.41) is 10.6. The number of aromatic nitrogens is 1. The van der Waals surface area contributed by atoms with E-state index in [4.69, 9.17) is 4.74 Å². The van der Waals surface area contributed by atoms with Gasteiger partial charge in [-0.15, -0.1) is 0 Å². The van der Waals surface area contributed by atoms with Gasteiger partial charge in [0.25, 0.3) is 5.69 Å². The van der Waals surface area contributed by atoms with Crippen molar-refractivity contribution in [3.8, 4) is 0 Å². The fourth-order valence-corrected chi connectivity index (χ4v) is 1.90. The van der Waals surface area contributed by atoms with Crippen molar-refractivity contribution in [2.45, 2.75) is 13.5 Å². The Labute approximate surface area is 115 Å². The van der Waals surface area contributed by atoms with Crippen molar-refractivity contribution >= 4 is 11.7 Å². The molecule has 0 N–H and O–H groups in total. The number of ether oxygens (including phenoxy) is 1. The molecule has 1 aromatic heterocycles. The first-order valence-electron chi connectivity index (χ1n) is 6.17. The minimum atomic E-state index is -0.451. The number of hydrogen-bond donors (Lipinski definition) is 0. The van der Waals surface area contributed by atoms with Crippen LogP contribution in [0.15, 0.2) is 42.7 Å². The van der Waals surface area contributed by atoms with Gasteiger partial charge in [0, 0.05) is 18.8 Å². The number of hydrogen-bond acceptors (Lipinski definition) is 4. The smallest absolute Gasteiger partial charge is 0.338 e. The van der Waals surface area contributed by atoms with E-state index < -0.39 is 4.92 Å². The third-order valence-electron chi connectivity index (χ3n) is 2.81. The highest BCUT2D eigenvalue weighted by atomic mass is 16.6. The van der Waals surface area contributed by atoms with Crippen molar-refractivity contribution in [1.82, 2.24) is 4.57 Å². The van der Waals surface area contributed by atoms with Crippen LogP contribution in [-0.2, 0) is 11.3 Å². The number of rotatable bonds is 5. The monoisotopic (exact) mass is 274 g/mol. The molecule has 2 rings (SSSR count). The van der Waals surface area contributed by atoms with Crippen LogP contribution in [0.25, 0.3) is 0 Å². The maximum Gasteiger partial charge on any atom is 0.338 e. The summed E-state index contributed by atoms with van der Waals surface area (Å²) in [7, 11) is 0. The highest BCUT2D eigenvalue weighted by molar-refractivity contribution is 5.91. The van der Waals surface area contributed by atoms with Gasteiger partial charge in [0.15, 0.2) is 0 Å². The SMILES string of the molecule is CCOC(=O)c1ccccc1Cn1ccc([N+](=O)[O-])c1. The minimum Gasteiger partial charge on any atom is -0.462 e. The molecule has 0 aliphatic carbocycles. The van der Waals surface area contributed by atoms with E-state index in [0.29, 0.717) is 18.7 Å². The van der Waals surface area contributed by atoms with Crippen LogP contribution >= 0.6 is 0 Å². The first kappa shape index (κ1) is 13.8. The predicted octanol–water partition coefficient (Wildman–Crippen LogP) is 2.62. The van der Waals surface area contributed by atoms with E-state index in [1.54, 1.807) is 35.9 Å². The Balaban J connectivity index is 2.24. The molecule has 6 nitrogen and oxygen atoms in total. The van der Waals surface area contributed by atoms with Crippen molar-refractivity contribution in [2.75, 3.05) is 6.61 Å². The van der Waals surface area contributed by atoms with E-state index >= 15 is 0 Å². The molecular weight excluding hydrogens is 260 g/mol. The third-order valence-corrected chi connectivity index (χ3v) is 2.81. The molecule has 0 saturated carbocycles. The van der Waals surface area contributed by atoms with Crippen LogP contribution in [0.5, 0.6) is 0 Å². The summed E-state index contributed by atoms with van der Waals surface area (Å²) in [6.45, 7) is 2.43. The van der Waals surface area contributed by atoms with Gasteiger partial charge >= 0.3 is 5.97 Å². The molecule has 2 aromatic rings. The summed E-state index contributed by atoms with van der Waals surface area (Å²) in [4.78, 5) is 22.0. The van der Waals surface area contributed by atoms with Gasteiger partial charge in [-0.1, -0.05) is 18.2 Å². The molecule has 0 atom stereocenters. The zero-order valence-electron chi connectivity index (χ0n) is 11.0. The van der Waals surface area contributed by atoms with Gasteiger partial charge in [-0.25, -0.2) is 4.79 Å². The molecule has 0 radical (unpaired) electrons. The third kappa shape index (κ3) is 3.03. The molecule has 0 amide bonds. The summed E-state index contributed by atoms with van der Waals surface area (Å²) in [6, 6.07) is 8.49. The molecule has 0 aliphatic rings. The molecule has 0 spiro atoms. The molecule has 0 fully saturated rings. The number of nitro groups is 1. The van der Waals surface area contributed by atoms with Gasteiger partial charge < -0.3 is 9.30 Å². The van der Waals surface area contributed by atoms with E-state index in [-0.39, 0.29) is 11.7 Å². The average molecular weight is 274 g/mol. The summed E-state index contributed by atoms with van der Waals surface area (Å²) in [5.74, 6) is -0.384. The van der Waals surface area contributed by atoms with E-state index in [1.807, 2.05) is 6.07 Å². The Bertz CT molecular complexity index is 634. The standard InChI is InChI=1S/C14H14N2O4/c1-2-20-14(17)13-6-4-3-5-11(13)9-15-8-7-12(10-15)16(18)19/h3-8,10H,2,9H2,1H3. The molecule has 0 unspecified atom stereocenters. The number of carbonyl (C=O) groups excluding carboxylic acids is 1. The normalized spacial score (nSPS) is 10.2. The summed E-state index contributed by atoms with van der Waals surface area (Å²) in [5.41, 5.74) is 1.26. The summed E-state index contributed by atoms with van der Waals surface area (Å²) in [6.07, 6.45) is 3.04. The number of esters is 1. The molecule has 0 saturated heterocycles. The zero-order chi connectivity index (χ0) is 14.5. The Morgan fingerprint density at radius 3 is 2.75 bits per heavy atom. The molecular formula is C14H14N2O4. The number of benzene rings is 1. The lowest BCUT2D eigenvalue weighted by atomic mass is 10.1. The van der Waals surface area contributed by atoms with Gasteiger partial charge in [-0.3, -0.25) is 10.1 Å². The lowest BCUT2D eigenvalue weighted by molar-refractivity contribution is -0.384. The van der Waals surface area contributed by atoms with Crippen LogP contribution in [0.2, 0.25) is 0 Å². The van der Waals surface area contributed by atoms with Crippen LogP contribution in [0.1, 0.15) is 22.8 Å². The topological polar surface area (TPSA) is 74.4 Å². The number of carbonyl (C=O) groups is 1. The van der Waals surface area contributed by atoms with E-state index in [2.05, 4.69) is 0 Å². The Morgan fingerprint density at radius 1 is 1.35 bits per heavy atom. The van der Waals surface area contributed by atoms with Crippen LogP contribution < -0.4 is 0 Å². The van der Waals surface area contributed by atoms with Crippen LogP contribution in [0.4, 0.5) is 5.69 Å².